The van der Waals surface area contributed by atoms with Gasteiger partial charge in [0.25, 0.3) is 0 Å². The van der Waals surface area contributed by atoms with Crippen LogP contribution in [0.3, 0.4) is 0 Å². The third kappa shape index (κ3) is 4.30. The number of nitrogens with one attached hydrogen (secondary N) is 1. The van der Waals surface area contributed by atoms with Crippen molar-refractivity contribution < 1.29 is 5.11 Å². The minimum Gasteiger partial charge on any atom is -0.392 e. The predicted molar refractivity (Wildman–Crippen MR) is 83.6 cm³/mol. The number of aliphatic hydroxyl groups is 1. The van der Waals surface area contributed by atoms with Crippen molar-refractivity contribution in [2.75, 3.05) is 13.1 Å². The van der Waals surface area contributed by atoms with Crippen LogP contribution in [0.5, 0.6) is 0 Å². The molecule has 1 fully saturated rings. The van der Waals surface area contributed by atoms with Gasteiger partial charge in [-0.15, -0.1) is 0 Å². The van der Waals surface area contributed by atoms with Gasteiger partial charge in [0.1, 0.15) is 0 Å². The van der Waals surface area contributed by atoms with Gasteiger partial charge in [-0.05, 0) is 24.8 Å². The molecule has 0 spiro atoms. The summed E-state index contributed by atoms with van der Waals surface area (Å²) in [6.45, 7) is 9.21. The normalized spacial score (nSPS) is 25.2. The maximum atomic E-state index is 9.88. The number of hydrogen-bond acceptors (Lipinski definition) is 3. The van der Waals surface area contributed by atoms with Crippen LogP contribution in [-0.2, 0) is 6.54 Å². The van der Waals surface area contributed by atoms with E-state index >= 15 is 0 Å². The summed E-state index contributed by atoms with van der Waals surface area (Å²) in [7, 11) is 0. The molecule has 3 nitrogen and oxygen atoms in total. The lowest BCUT2D eigenvalue weighted by atomic mass is 10.1. The molecule has 3 unspecified atom stereocenters. The van der Waals surface area contributed by atoms with Gasteiger partial charge in [-0.2, -0.15) is 0 Å². The van der Waals surface area contributed by atoms with Crippen LogP contribution in [0, 0.1) is 5.92 Å². The molecule has 0 aliphatic carbocycles. The van der Waals surface area contributed by atoms with Crippen LogP contribution in [0.2, 0.25) is 0 Å². The first-order valence-corrected chi connectivity index (χ1v) is 7.75. The fourth-order valence-electron chi connectivity index (χ4n) is 2.81. The largest absolute Gasteiger partial charge is 0.392 e. The first-order chi connectivity index (χ1) is 9.56. The van der Waals surface area contributed by atoms with Gasteiger partial charge in [0.05, 0.1) is 6.10 Å². The average molecular weight is 276 g/mol. The first kappa shape index (κ1) is 15.5. The second-order valence-corrected chi connectivity index (χ2v) is 6.42. The second-order valence-electron chi connectivity index (χ2n) is 6.42. The van der Waals surface area contributed by atoms with E-state index in [-0.39, 0.29) is 6.10 Å². The van der Waals surface area contributed by atoms with Crippen molar-refractivity contribution in [3.05, 3.63) is 35.9 Å². The Morgan fingerprint density at radius 3 is 2.65 bits per heavy atom. The van der Waals surface area contributed by atoms with E-state index in [9.17, 15) is 5.11 Å². The van der Waals surface area contributed by atoms with Crippen molar-refractivity contribution in [2.45, 2.75) is 51.9 Å². The van der Waals surface area contributed by atoms with E-state index in [0.717, 1.165) is 19.5 Å². The fraction of sp³-hybridized carbons (Fsp3) is 0.647. The molecule has 2 rings (SSSR count). The van der Waals surface area contributed by atoms with Crippen molar-refractivity contribution in [1.29, 1.82) is 0 Å². The molecule has 1 aromatic rings. The van der Waals surface area contributed by atoms with Crippen LogP contribution in [0.4, 0.5) is 0 Å². The molecule has 20 heavy (non-hydrogen) atoms. The van der Waals surface area contributed by atoms with Gasteiger partial charge in [0.15, 0.2) is 0 Å². The lowest BCUT2D eigenvalue weighted by molar-refractivity contribution is 0.120. The minimum absolute atomic E-state index is 0.242. The van der Waals surface area contributed by atoms with Gasteiger partial charge in [-0.3, -0.25) is 4.90 Å². The molecular weight excluding hydrogens is 248 g/mol. The number of aliphatic hydroxyl groups excluding tert-OH is 1. The Morgan fingerprint density at radius 2 is 2.00 bits per heavy atom. The highest BCUT2D eigenvalue weighted by Gasteiger charge is 2.28. The van der Waals surface area contributed by atoms with Crippen LogP contribution in [0.25, 0.3) is 0 Å². The van der Waals surface area contributed by atoms with E-state index in [0.29, 0.717) is 24.5 Å². The Labute approximate surface area is 123 Å². The highest BCUT2D eigenvalue weighted by molar-refractivity contribution is 5.15. The van der Waals surface area contributed by atoms with Crippen LogP contribution in [0.15, 0.2) is 30.3 Å². The third-order valence-corrected chi connectivity index (χ3v) is 4.32. The summed E-state index contributed by atoms with van der Waals surface area (Å²) < 4.78 is 0. The zero-order valence-corrected chi connectivity index (χ0v) is 12.9. The van der Waals surface area contributed by atoms with Gasteiger partial charge in [0.2, 0.25) is 0 Å². The zero-order chi connectivity index (χ0) is 14.5. The third-order valence-electron chi connectivity index (χ3n) is 4.32. The molecule has 1 heterocycles. The van der Waals surface area contributed by atoms with Crippen molar-refractivity contribution in [3.8, 4) is 0 Å². The molecular formula is C17H28N2O. The molecule has 0 bridgehead atoms. The highest BCUT2D eigenvalue weighted by Crippen LogP contribution is 2.20. The molecule has 0 saturated carbocycles. The van der Waals surface area contributed by atoms with Gasteiger partial charge < -0.3 is 10.4 Å². The lowest BCUT2D eigenvalue weighted by Crippen LogP contribution is -2.39. The number of hydrogen-bond donors (Lipinski definition) is 2. The van der Waals surface area contributed by atoms with Crippen LogP contribution in [0.1, 0.15) is 32.8 Å². The first-order valence-electron chi connectivity index (χ1n) is 7.75. The maximum Gasteiger partial charge on any atom is 0.0687 e. The van der Waals surface area contributed by atoms with E-state index in [1.807, 2.05) is 0 Å². The van der Waals surface area contributed by atoms with Crippen molar-refractivity contribution in [2.24, 2.45) is 5.92 Å². The lowest BCUT2D eigenvalue weighted by Gasteiger charge is -2.21. The summed E-state index contributed by atoms with van der Waals surface area (Å²) in [5.41, 5.74) is 1.38. The van der Waals surface area contributed by atoms with Gasteiger partial charge in [-0.25, -0.2) is 0 Å². The molecule has 0 amide bonds. The molecule has 2 N–H and O–H groups in total. The smallest absolute Gasteiger partial charge is 0.0687 e. The van der Waals surface area contributed by atoms with Crippen molar-refractivity contribution >= 4 is 0 Å². The number of nitrogens with zero attached hydrogens (tertiary/aromatic N) is 1. The SMILES string of the molecule is CC(C)C(O)CNC1CC(C)N(Cc2ccccc2)C1. The van der Waals surface area contributed by atoms with E-state index < -0.39 is 0 Å². The highest BCUT2D eigenvalue weighted by atomic mass is 16.3. The Balaban J connectivity index is 1.80. The molecule has 0 aromatic heterocycles. The standard InChI is InChI=1S/C17H28N2O/c1-13(2)17(20)10-18-16-9-14(3)19(12-16)11-15-7-5-4-6-8-15/h4-8,13-14,16-18,20H,9-12H2,1-3H3. The maximum absolute atomic E-state index is 9.88. The van der Waals surface area contributed by atoms with E-state index in [2.05, 4.69) is 61.3 Å². The van der Waals surface area contributed by atoms with Crippen LogP contribution in [-0.4, -0.2) is 41.3 Å². The van der Waals surface area contributed by atoms with E-state index in [1.54, 1.807) is 0 Å². The molecule has 1 aromatic carbocycles. The molecule has 1 aliphatic rings. The summed E-state index contributed by atoms with van der Waals surface area (Å²) in [5.74, 6) is 0.321. The second kappa shape index (κ2) is 7.21. The molecule has 112 valence electrons. The Hall–Kier alpha value is -0.900. The number of benzene rings is 1. The Kier molecular flexibility index (Phi) is 5.58. The Morgan fingerprint density at radius 1 is 1.30 bits per heavy atom. The Bertz CT molecular complexity index is 393. The van der Waals surface area contributed by atoms with E-state index in [1.165, 1.54) is 5.56 Å². The molecule has 3 atom stereocenters. The van der Waals surface area contributed by atoms with E-state index in [4.69, 9.17) is 0 Å². The van der Waals surface area contributed by atoms with Crippen LogP contribution >= 0.6 is 0 Å². The number of likely N-dealkylation sites (tertiary alicyclic amines) is 1. The van der Waals surface area contributed by atoms with Crippen molar-refractivity contribution in [3.63, 3.8) is 0 Å². The van der Waals surface area contributed by atoms with Crippen LogP contribution < -0.4 is 5.32 Å². The quantitative estimate of drug-likeness (QED) is 0.836. The topological polar surface area (TPSA) is 35.5 Å². The summed E-state index contributed by atoms with van der Waals surface area (Å²) in [5, 5.41) is 13.4. The van der Waals surface area contributed by atoms with Gasteiger partial charge >= 0.3 is 0 Å². The minimum atomic E-state index is -0.242. The van der Waals surface area contributed by atoms with Crippen molar-refractivity contribution in [1.82, 2.24) is 10.2 Å². The summed E-state index contributed by atoms with van der Waals surface area (Å²) in [6, 6.07) is 11.8. The predicted octanol–water partition coefficient (Wildman–Crippen LogP) is 2.26. The molecule has 3 heteroatoms. The molecule has 0 radical (unpaired) electrons. The molecule has 1 saturated heterocycles. The summed E-state index contributed by atoms with van der Waals surface area (Å²) in [6.07, 6.45) is 0.922. The zero-order valence-electron chi connectivity index (χ0n) is 12.9. The number of rotatable bonds is 6. The molecule has 1 aliphatic heterocycles. The fourth-order valence-corrected chi connectivity index (χ4v) is 2.81. The van der Waals surface area contributed by atoms with Gasteiger partial charge in [0, 0.05) is 31.7 Å². The van der Waals surface area contributed by atoms with Gasteiger partial charge in [-0.1, -0.05) is 44.2 Å². The average Bonchev–Trinajstić information content (AvgIpc) is 2.77. The monoisotopic (exact) mass is 276 g/mol. The summed E-state index contributed by atoms with van der Waals surface area (Å²) >= 11 is 0. The summed E-state index contributed by atoms with van der Waals surface area (Å²) in [4.78, 5) is 2.52.